The molecule has 1 aromatic heterocycles. The van der Waals surface area contributed by atoms with E-state index < -0.39 is 0 Å². The van der Waals surface area contributed by atoms with Crippen LogP contribution >= 0.6 is 15.9 Å². The summed E-state index contributed by atoms with van der Waals surface area (Å²) in [5.41, 5.74) is 3.89. The van der Waals surface area contributed by atoms with Crippen LogP contribution in [-0.2, 0) is 0 Å². The number of carbonyl (C=O) groups is 1. The minimum Gasteiger partial charge on any atom is -0.496 e. The molecule has 1 amide bonds. The van der Waals surface area contributed by atoms with Crippen LogP contribution in [0.3, 0.4) is 0 Å². The molecular formula is C23H17BrN2O3. The Morgan fingerprint density at radius 3 is 2.59 bits per heavy atom. The van der Waals surface area contributed by atoms with Crippen molar-refractivity contribution < 1.29 is 13.9 Å². The summed E-state index contributed by atoms with van der Waals surface area (Å²) in [6.07, 6.45) is 1.47. The lowest BCUT2D eigenvalue weighted by molar-refractivity contribution is 0.0952. The third-order valence-corrected chi connectivity index (χ3v) is 4.90. The molecule has 1 heterocycles. The maximum atomic E-state index is 12.6. The highest BCUT2D eigenvalue weighted by Crippen LogP contribution is 2.26. The number of halogens is 1. The molecule has 0 spiro atoms. The molecular weight excluding hydrogens is 432 g/mol. The summed E-state index contributed by atoms with van der Waals surface area (Å²) in [7, 11) is 1.54. The van der Waals surface area contributed by atoms with Gasteiger partial charge in [0.15, 0.2) is 0 Å². The Kier molecular flexibility index (Phi) is 5.44. The molecule has 3 aromatic carbocycles. The van der Waals surface area contributed by atoms with Crippen LogP contribution in [0.25, 0.3) is 22.1 Å². The number of amides is 1. The molecule has 0 atom stereocenters. The molecule has 0 fully saturated rings. The Hall–Kier alpha value is -3.38. The van der Waals surface area contributed by atoms with Gasteiger partial charge in [0.1, 0.15) is 17.3 Å². The van der Waals surface area contributed by atoms with E-state index in [0.29, 0.717) is 17.1 Å². The zero-order valence-corrected chi connectivity index (χ0v) is 17.1. The molecule has 4 rings (SSSR count). The number of carbonyl (C=O) groups excluding carboxylic acids is 1. The Bertz CT molecular complexity index is 1210. The molecule has 144 valence electrons. The standard InChI is InChI=1S/C23H17BrN2O3/c1-28-22-13-16-6-3-2-5-15(16)12-20(22)23(27)26-25-14-19-9-10-21(29-19)17-7-4-8-18(24)11-17/h2-14H,1H3,(H,26,27). The van der Waals surface area contributed by atoms with Crippen LogP contribution in [-0.4, -0.2) is 19.2 Å². The largest absolute Gasteiger partial charge is 0.496 e. The second-order valence-electron chi connectivity index (χ2n) is 6.31. The van der Waals surface area contributed by atoms with Gasteiger partial charge in [-0.1, -0.05) is 52.3 Å². The number of hydrazone groups is 1. The van der Waals surface area contributed by atoms with Crippen molar-refractivity contribution in [3.05, 3.63) is 88.6 Å². The average Bonchev–Trinajstić information content (AvgIpc) is 3.21. The van der Waals surface area contributed by atoms with Crippen molar-refractivity contribution in [1.29, 1.82) is 0 Å². The molecule has 0 bridgehead atoms. The maximum absolute atomic E-state index is 12.6. The fourth-order valence-corrected chi connectivity index (χ4v) is 3.40. The van der Waals surface area contributed by atoms with Crippen LogP contribution < -0.4 is 10.2 Å². The van der Waals surface area contributed by atoms with Crippen LogP contribution in [0.2, 0.25) is 0 Å². The first-order valence-electron chi connectivity index (χ1n) is 8.90. The number of fused-ring (bicyclic) bond motifs is 1. The lowest BCUT2D eigenvalue weighted by Crippen LogP contribution is -2.18. The predicted molar refractivity (Wildman–Crippen MR) is 117 cm³/mol. The average molecular weight is 449 g/mol. The van der Waals surface area contributed by atoms with Gasteiger partial charge in [0.2, 0.25) is 0 Å². The van der Waals surface area contributed by atoms with E-state index in [2.05, 4.69) is 26.5 Å². The van der Waals surface area contributed by atoms with E-state index in [9.17, 15) is 4.79 Å². The van der Waals surface area contributed by atoms with Crippen molar-refractivity contribution in [1.82, 2.24) is 5.43 Å². The molecule has 1 N–H and O–H groups in total. The van der Waals surface area contributed by atoms with Crippen LogP contribution in [0.1, 0.15) is 16.1 Å². The maximum Gasteiger partial charge on any atom is 0.275 e. The molecule has 0 unspecified atom stereocenters. The molecule has 0 aliphatic rings. The fourth-order valence-electron chi connectivity index (χ4n) is 3.00. The first kappa shape index (κ1) is 19.0. The lowest BCUT2D eigenvalue weighted by Gasteiger charge is -2.09. The highest BCUT2D eigenvalue weighted by molar-refractivity contribution is 9.10. The number of hydrogen-bond acceptors (Lipinski definition) is 4. The zero-order valence-electron chi connectivity index (χ0n) is 15.6. The number of nitrogens with zero attached hydrogens (tertiary/aromatic N) is 1. The minimum atomic E-state index is -0.359. The van der Waals surface area contributed by atoms with Gasteiger partial charge in [0.05, 0.1) is 18.9 Å². The summed E-state index contributed by atoms with van der Waals surface area (Å²) in [6.45, 7) is 0. The van der Waals surface area contributed by atoms with Crippen molar-refractivity contribution in [2.24, 2.45) is 5.10 Å². The summed E-state index contributed by atoms with van der Waals surface area (Å²) in [5, 5.41) is 5.97. The van der Waals surface area contributed by atoms with Gasteiger partial charge < -0.3 is 9.15 Å². The smallest absolute Gasteiger partial charge is 0.275 e. The third-order valence-electron chi connectivity index (χ3n) is 4.41. The van der Waals surface area contributed by atoms with Gasteiger partial charge in [-0.15, -0.1) is 0 Å². The highest BCUT2D eigenvalue weighted by Gasteiger charge is 2.13. The number of furan rings is 1. The van der Waals surface area contributed by atoms with E-state index in [1.807, 2.05) is 60.7 Å². The summed E-state index contributed by atoms with van der Waals surface area (Å²) in [6, 6.07) is 22.9. The van der Waals surface area contributed by atoms with Crippen molar-refractivity contribution >= 4 is 38.8 Å². The highest BCUT2D eigenvalue weighted by atomic mass is 79.9. The molecule has 6 heteroatoms. The van der Waals surface area contributed by atoms with Crippen LogP contribution in [0.4, 0.5) is 0 Å². The van der Waals surface area contributed by atoms with E-state index in [4.69, 9.17) is 9.15 Å². The van der Waals surface area contributed by atoms with Crippen molar-refractivity contribution in [2.45, 2.75) is 0 Å². The van der Waals surface area contributed by atoms with Gasteiger partial charge in [-0.25, -0.2) is 5.43 Å². The summed E-state index contributed by atoms with van der Waals surface area (Å²) >= 11 is 3.45. The van der Waals surface area contributed by atoms with E-state index in [-0.39, 0.29) is 5.91 Å². The molecule has 0 radical (unpaired) electrons. The third kappa shape index (κ3) is 4.22. The van der Waals surface area contributed by atoms with Crippen molar-refractivity contribution in [3.63, 3.8) is 0 Å². The van der Waals surface area contributed by atoms with Crippen LogP contribution in [0.15, 0.2) is 86.8 Å². The molecule has 5 nitrogen and oxygen atoms in total. The van der Waals surface area contributed by atoms with Crippen LogP contribution in [0.5, 0.6) is 5.75 Å². The second-order valence-corrected chi connectivity index (χ2v) is 7.23. The normalized spacial score (nSPS) is 11.1. The first-order chi connectivity index (χ1) is 14.1. The summed E-state index contributed by atoms with van der Waals surface area (Å²) in [5.74, 6) is 1.38. The predicted octanol–water partition coefficient (Wildman–Crippen LogP) is 5.63. The van der Waals surface area contributed by atoms with Gasteiger partial charge in [-0.3, -0.25) is 4.79 Å². The lowest BCUT2D eigenvalue weighted by atomic mass is 10.1. The van der Waals surface area contributed by atoms with Crippen LogP contribution in [0, 0.1) is 0 Å². The number of benzene rings is 3. The number of methoxy groups -OCH3 is 1. The molecule has 0 aliphatic heterocycles. The summed E-state index contributed by atoms with van der Waals surface area (Å²) in [4.78, 5) is 12.6. The molecule has 0 saturated carbocycles. The number of ether oxygens (including phenoxy) is 1. The van der Waals surface area contributed by atoms with E-state index in [1.165, 1.54) is 13.3 Å². The molecule has 0 aliphatic carbocycles. The first-order valence-corrected chi connectivity index (χ1v) is 9.69. The summed E-state index contributed by atoms with van der Waals surface area (Å²) < 4.78 is 12.1. The second kappa shape index (κ2) is 8.32. The molecule has 4 aromatic rings. The van der Waals surface area contributed by atoms with Gasteiger partial charge in [-0.05, 0) is 47.2 Å². The van der Waals surface area contributed by atoms with Gasteiger partial charge >= 0.3 is 0 Å². The zero-order chi connectivity index (χ0) is 20.2. The number of rotatable bonds is 5. The molecule has 0 saturated heterocycles. The Balaban J connectivity index is 1.50. The Morgan fingerprint density at radius 2 is 1.83 bits per heavy atom. The van der Waals surface area contributed by atoms with Crippen molar-refractivity contribution in [2.75, 3.05) is 7.11 Å². The topological polar surface area (TPSA) is 63.8 Å². The number of hydrogen-bond donors (Lipinski definition) is 1. The van der Waals surface area contributed by atoms with E-state index in [0.717, 1.165) is 26.6 Å². The monoisotopic (exact) mass is 448 g/mol. The fraction of sp³-hybridized carbons (Fsp3) is 0.0435. The van der Waals surface area contributed by atoms with Gasteiger partial charge in [0.25, 0.3) is 5.91 Å². The quantitative estimate of drug-likeness (QED) is 0.317. The van der Waals surface area contributed by atoms with Crippen molar-refractivity contribution in [3.8, 4) is 17.1 Å². The van der Waals surface area contributed by atoms with Gasteiger partial charge in [0, 0.05) is 10.0 Å². The number of nitrogens with one attached hydrogen (secondary N) is 1. The molecule has 29 heavy (non-hydrogen) atoms. The Morgan fingerprint density at radius 1 is 1.03 bits per heavy atom. The van der Waals surface area contributed by atoms with E-state index in [1.54, 1.807) is 12.1 Å². The SMILES string of the molecule is COc1cc2ccccc2cc1C(=O)NN=Cc1ccc(-c2cccc(Br)c2)o1. The Labute approximate surface area is 176 Å². The van der Waals surface area contributed by atoms with Gasteiger partial charge in [-0.2, -0.15) is 5.10 Å². The van der Waals surface area contributed by atoms with E-state index >= 15 is 0 Å². The minimum absolute atomic E-state index is 0.359.